The maximum Gasteiger partial charge on any atom is 0.136 e. The summed E-state index contributed by atoms with van der Waals surface area (Å²) in [6.45, 7) is 5.06. The molecule has 0 saturated heterocycles. The van der Waals surface area contributed by atoms with Crippen LogP contribution in [0.25, 0.3) is 0 Å². The summed E-state index contributed by atoms with van der Waals surface area (Å²) in [5.74, 6) is 7.06. The lowest BCUT2D eigenvalue weighted by Crippen LogP contribution is -1.95. The van der Waals surface area contributed by atoms with Crippen molar-refractivity contribution >= 4 is 0 Å². The molecule has 0 bridgehead atoms. The fraction of sp³-hybridized carbons (Fsp3) is 0.429. The van der Waals surface area contributed by atoms with Gasteiger partial charge in [-0.1, -0.05) is 39.0 Å². The number of nitrogens with zero attached hydrogens (tertiary/aromatic N) is 2. The first-order chi connectivity index (χ1) is 11.8. The molecule has 3 heteroatoms. The summed E-state index contributed by atoms with van der Waals surface area (Å²) in [6.07, 6.45) is 7.00. The molecule has 3 nitrogen and oxygen atoms in total. The second kappa shape index (κ2) is 10.4. The molecule has 0 atom stereocenters. The van der Waals surface area contributed by atoms with Crippen molar-refractivity contribution in [1.82, 2.24) is 10.2 Å². The molecule has 1 aromatic carbocycles. The number of rotatable bonds is 8. The second-order valence-electron chi connectivity index (χ2n) is 5.84. The Morgan fingerprint density at radius 3 is 2.33 bits per heavy atom. The van der Waals surface area contributed by atoms with Crippen molar-refractivity contribution < 1.29 is 4.74 Å². The number of unbranched alkanes of at least 4 members (excludes halogenated alkanes) is 3. The molecule has 0 unspecified atom stereocenters. The van der Waals surface area contributed by atoms with Crippen LogP contribution in [0, 0.1) is 11.8 Å². The molecule has 0 fully saturated rings. The average Bonchev–Trinajstić information content (AvgIpc) is 2.64. The van der Waals surface area contributed by atoms with Crippen LogP contribution in [0.5, 0.6) is 5.75 Å². The summed E-state index contributed by atoms with van der Waals surface area (Å²) in [5.41, 5.74) is 2.71. The van der Waals surface area contributed by atoms with Gasteiger partial charge in [-0.25, -0.2) is 0 Å². The minimum atomic E-state index is 0.707. The Bertz CT molecular complexity index is 651. The Hall–Kier alpha value is -2.34. The summed E-state index contributed by atoms with van der Waals surface area (Å²) >= 11 is 0. The highest BCUT2D eigenvalue weighted by atomic mass is 16.5. The normalized spacial score (nSPS) is 10.1. The van der Waals surface area contributed by atoms with Gasteiger partial charge < -0.3 is 4.74 Å². The van der Waals surface area contributed by atoms with Crippen molar-refractivity contribution in [2.24, 2.45) is 0 Å². The van der Waals surface area contributed by atoms with Gasteiger partial charge in [0.25, 0.3) is 0 Å². The lowest BCUT2D eigenvalue weighted by molar-refractivity contribution is 0.317. The van der Waals surface area contributed by atoms with E-state index in [1.54, 1.807) is 0 Å². The van der Waals surface area contributed by atoms with Gasteiger partial charge in [-0.05, 0) is 61.6 Å². The van der Waals surface area contributed by atoms with E-state index < -0.39 is 0 Å². The molecule has 1 aromatic heterocycles. The average molecular weight is 322 g/mol. The predicted molar refractivity (Wildman–Crippen MR) is 98.1 cm³/mol. The molecular weight excluding hydrogens is 296 g/mol. The number of ether oxygens (including phenoxy) is 1. The van der Waals surface area contributed by atoms with Crippen LogP contribution in [0.2, 0.25) is 0 Å². The van der Waals surface area contributed by atoms with Crippen molar-refractivity contribution in [2.45, 2.75) is 52.4 Å². The molecule has 0 aliphatic heterocycles. The Morgan fingerprint density at radius 1 is 0.833 bits per heavy atom. The van der Waals surface area contributed by atoms with E-state index in [9.17, 15) is 0 Å². The zero-order valence-electron chi connectivity index (χ0n) is 14.7. The van der Waals surface area contributed by atoms with Crippen LogP contribution in [-0.4, -0.2) is 16.8 Å². The third-order valence-corrected chi connectivity index (χ3v) is 3.67. The summed E-state index contributed by atoms with van der Waals surface area (Å²) < 4.78 is 5.56. The predicted octanol–water partition coefficient (Wildman–Crippen LogP) is 4.79. The van der Waals surface area contributed by atoms with E-state index in [-0.39, 0.29) is 0 Å². The minimum Gasteiger partial charge on any atom is -0.494 e. The molecule has 1 heterocycles. The monoisotopic (exact) mass is 322 g/mol. The highest BCUT2D eigenvalue weighted by molar-refractivity contribution is 5.42. The van der Waals surface area contributed by atoms with Gasteiger partial charge in [0.05, 0.1) is 12.3 Å². The smallest absolute Gasteiger partial charge is 0.136 e. The zero-order chi connectivity index (χ0) is 17.0. The molecule has 2 aromatic rings. The van der Waals surface area contributed by atoms with E-state index in [0.29, 0.717) is 5.69 Å². The van der Waals surface area contributed by atoms with Crippen molar-refractivity contribution in [3.63, 3.8) is 0 Å². The standard InChI is InChI=1S/C21H26N2O/c1-3-5-6-7-8-19-13-14-20(23-22-19)12-9-18-10-15-21(16-11-18)24-17-4-2/h10-11,13-16H,3-8,17H2,1-2H3. The minimum absolute atomic E-state index is 0.707. The molecule has 0 aliphatic rings. The molecule has 0 spiro atoms. The largest absolute Gasteiger partial charge is 0.494 e. The molecule has 0 saturated carbocycles. The summed E-state index contributed by atoms with van der Waals surface area (Å²) in [7, 11) is 0. The van der Waals surface area contributed by atoms with Gasteiger partial charge >= 0.3 is 0 Å². The number of aryl methyl sites for hydroxylation is 1. The zero-order valence-corrected chi connectivity index (χ0v) is 14.7. The van der Waals surface area contributed by atoms with Crippen molar-refractivity contribution in [2.75, 3.05) is 6.61 Å². The second-order valence-corrected chi connectivity index (χ2v) is 5.84. The van der Waals surface area contributed by atoms with Crippen LogP contribution in [-0.2, 0) is 6.42 Å². The van der Waals surface area contributed by atoms with Gasteiger partial charge in [0.15, 0.2) is 0 Å². The molecule has 24 heavy (non-hydrogen) atoms. The molecule has 0 amide bonds. The van der Waals surface area contributed by atoms with E-state index in [1.807, 2.05) is 36.4 Å². The summed E-state index contributed by atoms with van der Waals surface area (Å²) in [6, 6.07) is 11.8. The third-order valence-electron chi connectivity index (χ3n) is 3.67. The summed E-state index contributed by atoms with van der Waals surface area (Å²) in [4.78, 5) is 0. The van der Waals surface area contributed by atoms with Gasteiger partial charge in [0.2, 0.25) is 0 Å². The maximum atomic E-state index is 5.56. The Kier molecular flexibility index (Phi) is 7.83. The van der Waals surface area contributed by atoms with Gasteiger partial charge in [-0.3, -0.25) is 0 Å². The molecule has 0 radical (unpaired) electrons. The first kappa shape index (κ1) is 18.0. The van der Waals surface area contributed by atoms with Crippen LogP contribution in [0.15, 0.2) is 36.4 Å². The first-order valence-corrected chi connectivity index (χ1v) is 8.89. The van der Waals surface area contributed by atoms with Crippen molar-refractivity contribution in [3.05, 3.63) is 53.3 Å². The number of aromatic nitrogens is 2. The van der Waals surface area contributed by atoms with Gasteiger partial charge in [-0.15, -0.1) is 5.10 Å². The van der Waals surface area contributed by atoms with E-state index in [1.165, 1.54) is 25.7 Å². The van der Waals surface area contributed by atoms with Crippen LogP contribution in [0.4, 0.5) is 0 Å². The molecular formula is C21H26N2O. The topological polar surface area (TPSA) is 35.0 Å². The quantitative estimate of drug-likeness (QED) is 0.518. The van der Waals surface area contributed by atoms with Crippen LogP contribution < -0.4 is 4.74 Å². The van der Waals surface area contributed by atoms with E-state index >= 15 is 0 Å². The Morgan fingerprint density at radius 2 is 1.67 bits per heavy atom. The fourth-order valence-electron chi connectivity index (χ4n) is 2.28. The van der Waals surface area contributed by atoms with Crippen molar-refractivity contribution in [1.29, 1.82) is 0 Å². The SMILES string of the molecule is CCCCCCc1ccc(C#Cc2ccc(OCCC)cc2)nn1. The van der Waals surface area contributed by atoms with Crippen molar-refractivity contribution in [3.8, 4) is 17.6 Å². The number of benzene rings is 1. The number of hydrogen-bond acceptors (Lipinski definition) is 3. The van der Waals surface area contributed by atoms with Gasteiger partial charge in [0, 0.05) is 5.56 Å². The number of hydrogen-bond donors (Lipinski definition) is 0. The maximum absolute atomic E-state index is 5.56. The molecule has 126 valence electrons. The highest BCUT2D eigenvalue weighted by Gasteiger charge is 1.97. The van der Waals surface area contributed by atoms with E-state index in [2.05, 4.69) is 35.9 Å². The van der Waals surface area contributed by atoms with Crippen LogP contribution in [0.1, 0.15) is 62.9 Å². The Labute approximate surface area is 145 Å². The molecule has 0 aliphatic carbocycles. The van der Waals surface area contributed by atoms with Crippen LogP contribution in [0.3, 0.4) is 0 Å². The molecule has 2 rings (SSSR count). The van der Waals surface area contributed by atoms with Crippen LogP contribution >= 0.6 is 0 Å². The van der Waals surface area contributed by atoms with Gasteiger partial charge in [0.1, 0.15) is 11.4 Å². The first-order valence-electron chi connectivity index (χ1n) is 8.89. The van der Waals surface area contributed by atoms with E-state index in [4.69, 9.17) is 4.74 Å². The summed E-state index contributed by atoms with van der Waals surface area (Å²) in [5, 5.41) is 8.47. The molecule has 0 N–H and O–H groups in total. The van der Waals surface area contributed by atoms with Gasteiger partial charge in [-0.2, -0.15) is 5.10 Å². The lowest BCUT2D eigenvalue weighted by atomic mass is 10.1. The third kappa shape index (κ3) is 6.42. The lowest BCUT2D eigenvalue weighted by Gasteiger charge is -2.03. The highest BCUT2D eigenvalue weighted by Crippen LogP contribution is 2.12. The fourth-order valence-corrected chi connectivity index (χ4v) is 2.28. The Balaban J connectivity index is 1.88. The van der Waals surface area contributed by atoms with E-state index in [0.717, 1.165) is 36.5 Å².